The van der Waals surface area contributed by atoms with Gasteiger partial charge in [0.2, 0.25) is 0 Å². The molecule has 0 aliphatic heterocycles. The Morgan fingerprint density at radius 3 is 2.77 bits per heavy atom. The molecule has 1 aliphatic carbocycles. The molecule has 1 fully saturated rings. The summed E-state index contributed by atoms with van der Waals surface area (Å²) >= 11 is 2.68. The Bertz CT molecular complexity index is 761. The van der Waals surface area contributed by atoms with Crippen LogP contribution in [0.15, 0.2) is 21.9 Å². The van der Waals surface area contributed by atoms with Crippen molar-refractivity contribution in [1.29, 1.82) is 0 Å². The van der Waals surface area contributed by atoms with Gasteiger partial charge in [0.05, 0.1) is 5.60 Å². The largest absolute Gasteiger partial charge is 0.476 e. The van der Waals surface area contributed by atoms with Gasteiger partial charge in [-0.05, 0) is 44.9 Å². The fraction of sp³-hybridized carbons (Fsp3) is 0.650. The second kappa shape index (κ2) is 10.8. The molecule has 168 valence electrons. The van der Waals surface area contributed by atoms with Crippen molar-refractivity contribution in [2.45, 2.75) is 68.0 Å². The van der Waals surface area contributed by atoms with Gasteiger partial charge in [0.15, 0.2) is 10.0 Å². The molecule has 1 aromatic heterocycles. The third-order valence-electron chi connectivity index (χ3n) is 5.13. The first-order chi connectivity index (χ1) is 14.0. The maximum Gasteiger partial charge on any atom is 0.389 e. The SMILES string of the molecule is C[C@](O)(C/C=C/C1CCC(=O)C1CCSc1nc(C(=O)O)cs1)CCCC(F)(F)F. The number of hydrogen-bond donors (Lipinski definition) is 2. The molecule has 10 heteroatoms. The number of Topliss-reactive ketones (excluding diaryl/α,β-unsaturated/α-hetero) is 1. The number of thioether (sulfide) groups is 1. The number of alkyl halides is 3. The molecule has 1 saturated carbocycles. The third kappa shape index (κ3) is 8.39. The predicted molar refractivity (Wildman–Crippen MR) is 110 cm³/mol. The van der Waals surface area contributed by atoms with E-state index < -0.39 is 24.2 Å². The predicted octanol–water partition coefficient (Wildman–Crippen LogP) is 5.35. The Hall–Kier alpha value is -1.39. The highest BCUT2D eigenvalue weighted by Gasteiger charge is 2.33. The summed E-state index contributed by atoms with van der Waals surface area (Å²) in [7, 11) is 0. The van der Waals surface area contributed by atoms with Gasteiger partial charge in [-0.25, -0.2) is 9.78 Å². The highest BCUT2D eigenvalue weighted by Crippen LogP contribution is 2.35. The zero-order chi connectivity index (χ0) is 22.4. The summed E-state index contributed by atoms with van der Waals surface area (Å²) in [5, 5.41) is 20.7. The van der Waals surface area contributed by atoms with Gasteiger partial charge in [-0.3, -0.25) is 4.79 Å². The maximum absolute atomic E-state index is 12.3. The number of carboxylic acid groups (broad SMARTS) is 1. The quantitative estimate of drug-likeness (QED) is 0.338. The number of ketones is 1. The molecule has 30 heavy (non-hydrogen) atoms. The summed E-state index contributed by atoms with van der Waals surface area (Å²) in [6.45, 7) is 1.53. The lowest BCUT2D eigenvalue weighted by molar-refractivity contribution is -0.137. The van der Waals surface area contributed by atoms with Crippen molar-refractivity contribution >= 4 is 34.9 Å². The van der Waals surface area contributed by atoms with E-state index in [0.717, 1.165) is 6.42 Å². The molecular formula is C20H26F3NO4S2. The van der Waals surface area contributed by atoms with Gasteiger partial charge in [-0.2, -0.15) is 13.2 Å². The van der Waals surface area contributed by atoms with Crippen LogP contribution in [0, 0.1) is 11.8 Å². The molecule has 0 bridgehead atoms. The molecule has 0 amide bonds. The minimum Gasteiger partial charge on any atom is -0.476 e. The molecule has 1 heterocycles. The van der Waals surface area contributed by atoms with Gasteiger partial charge in [0, 0.05) is 29.9 Å². The number of rotatable bonds is 11. The Morgan fingerprint density at radius 2 is 2.13 bits per heavy atom. The number of aromatic carboxylic acids is 1. The molecule has 5 nitrogen and oxygen atoms in total. The van der Waals surface area contributed by atoms with Crippen LogP contribution in [0.25, 0.3) is 0 Å². The Morgan fingerprint density at radius 1 is 1.40 bits per heavy atom. The number of aliphatic hydroxyl groups is 1. The number of nitrogens with zero attached hydrogens (tertiary/aromatic N) is 1. The van der Waals surface area contributed by atoms with Crippen molar-refractivity contribution in [3.05, 3.63) is 23.2 Å². The Labute approximate surface area is 181 Å². The van der Waals surface area contributed by atoms with E-state index in [2.05, 4.69) is 4.98 Å². The second-order valence-electron chi connectivity index (χ2n) is 7.81. The number of halogens is 3. The van der Waals surface area contributed by atoms with Gasteiger partial charge in [0.25, 0.3) is 0 Å². The molecule has 1 aliphatic rings. The summed E-state index contributed by atoms with van der Waals surface area (Å²) in [6, 6.07) is 0. The first kappa shape index (κ1) is 24.9. The summed E-state index contributed by atoms with van der Waals surface area (Å²) in [5.41, 5.74) is -1.19. The van der Waals surface area contributed by atoms with E-state index in [0.29, 0.717) is 22.9 Å². The molecule has 0 spiro atoms. The number of carbonyl (C=O) groups is 2. The molecular weight excluding hydrogens is 439 g/mol. The number of aromatic nitrogens is 1. The van der Waals surface area contributed by atoms with E-state index in [4.69, 9.17) is 5.11 Å². The molecule has 0 saturated heterocycles. The first-order valence-electron chi connectivity index (χ1n) is 9.77. The van der Waals surface area contributed by atoms with E-state index in [1.807, 2.05) is 6.08 Å². The molecule has 0 radical (unpaired) electrons. The highest BCUT2D eigenvalue weighted by atomic mass is 32.2. The van der Waals surface area contributed by atoms with Crippen molar-refractivity contribution in [2.75, 3.05) is 5.75 Å². The first-order valence-corrected chi connectivity index (χ1v) is 11.6. The summed E-state index contributed by atoms with van der Waals surface area (Å²) in [6.07, 6.45) is 0.608. The topological polar surface area (TPSA) is 87.5 Å². The van der Waals surface area contributed by atoms with Crippen molar-refractivity contribution in [3.63, 3.8) is 0 Å². The molecule has 2 rings (SSSR count). The zero-order valence-electron chi connectivity index (χ0n) is 16.7. The van der Waals surface area contributed by atoms with E-state index >= 15 is 0 Å². The van der Waals surface area contributed by atoms with Crippen LogP contribution in [0.1, 0.15) is 62.4 Å². The van der Waals surface area contributed by atoms with Crippen molar-refractivity contribution < 1.29 is 33.0 Å². The van der Waals surface area contributed by atoms with Crippen LogP contribution in [0.5, 0.6) is 0 Å². The maximum atomic E-state index is 12.3. The van der Waals surface area contributed by atoms with Crippen molar-refractivity contribution in [2.24, 2.45) is 11.8 Å². The van der Waals surface area contributed by atoms with Gasteiger partial charge < -0.3 is 10.2 Å². The van der Waals surface area contributed by atoms with Crippen LogP contribution in [-0.4, -0.2) is 44.5 Å². The number of carboxylic acids is 1. The molecule has 2 unspecified atom stereocenters. The lowest BCUT2D eigenvalue weighted by atomic mass is 9.90. The smallest absolute Gasteiger partial charge is 0.389 e. The molecule has 0 aromatic carbocycles. The van der Waals surface area contributed by atoms with Gasteiger partial charge >= 0.3 is 12.1 Å². The van der Waals surface area contributed by atoms with Crippen LogP contribution in [0.4, 0.5) is 13.2 Å². The minimum absolute atomic E-state index is 0.0162. The van der Waals surface area contributed by atoms with Gasteiger partial charge in [0.1, 0.15) is 5.78 Å². The van der Waals surface area contributed by atoms with Crippen LogP contribution in [-0.2, 0) is 4.79 Å². The van der Waals surface area contributed by atoms with Crippen molar-refractivity contribution in [3.8, 4) is 0 Å². The number of thiazole rings is 1. The molecule has 3 atom stereocenters. The summed E-state index contributed by atoms with van der Waals surface area (Å²) < 4.78 is 37.4. The Balaban J connectivity index is 1.79. The average molecular weight is 466 g/mol. The number of carbonyl (C=O) groups excluding carboxylic acids is 1. The fourth-order valence-electron chi connectivity index (χ4n) is 3.50. The average Bonchev–Trinajstić information content (AvgIpc) is 3.22. The number of hydrogen-bond acceptors (Lipinski definition) is 6. The lowest BCUT2D eigenvalue weighted by Gasteiger charge is -2.22. The van der Waals surface area contributed by atoms with E-state index in [1.54, 1.807) is 6.08 Å². The van der Waals surface area contributed by atoms with E-state index in [-0.39, 0.29) is 42.6 Å². The highest BCUT2D eigenvalue weighted by molar-refractivity contribution is 8.01. The van der Waals surface area contributed by atoms with Crippen LogP contribution >= 0.6 is 23.1 Å². The fourth-order valence-corrected chi connectivity index (χ4v) is 5.40. The van der Waals surface area contributed by atoms with E-state index in [9.17, 15) is 27.9 Å². The summed E-state index contributed by atoms with van der Waals surface area (Å²) in [5.74, 6) is -0.323. The van der Waals surface area contributed by atoms with Crippen LogP contribution < -0.4 is 0 Å². The normalized spacial score (nSPS) is 22.0. The Kier molecular flexibility index (Phi) is 8.93. The molecule has 2 N–H and O–H groups in total. The van der Waals surface area contributed by atoms with Crippen molar-refractivity contribution in [1.82, 2.24) is 4.98 Å². The van der Waals surface area contributed by atoms with Crippen LogP contribution in [0.2, 0.25) is 0 Å². The molecule has 1 aromatic rings. The monoisotopic (exact) mass is 465 g/mol. The van der Waals surface area contributed by atoms with E-state index in [1.165, 1.54) is 35.4 Å². The van der Waals surface area contributed by atoms with Gasteiger partial charge in [-0.15, -0.1) is 11.3 Å². The van der Waals surface area contributed by atoms with Crippen LogP contribution in [0.3, 0.4) is 0 Å². The zero-order valence-corrected chi connectivity index (χ0v) is 18.3. The van der Waals surface area contributed by atoms with Gasteiger partial charge in [-0.1, -0.05) is 23.9 Å². The minimum atomic E-state index is -4.21. The standard InChI is InChI=1S/C20H26F3NO4S2/c1-19(28,9-3-10-20(21,22)23)8-2-4-13-5-6-16(25)14(13)7-11-29-18-24-15(12-30-18)17(26)27/h2,4,12-14,28H,3,5-11H2,1H3,(H,26,27)/b4-2+/t13?,14?,19-/m0/s1. The third-order valence-corrected chi connectivity index (χ3v) is 7.18. The number of allylic oxidation sites excluding steroid dienone is 1. The lowest BCUT2D eigenvalue weighted by Crippen LogP contribution is -2.24. The summed E-state index contributed by atoms with van der Waals surface area (Å²) in [4.78, 5) is 27.1. The second-order valence-corrected chi connectivity index (χ2v) is 10.0.